The third-order valence-corrected chi connectivity index (χ3v) is 4.60. The molecule has 25 heavy (non-hydrogen) atoms. The van der Waals surface area contributed by atoms with Crippen LogP contribution in [0.3, 0.4) is 0 Å². The fourth-order valence-corrected chi connectivity index (χ4v) is 3.40. The number of nitrogens with zero attached hydrogens (tertiary/aromatic N) is 1. The van der Waals surface area contributed by atoms with E-state index in [9.17, 15) is 14.4 Å². The number of thiocarbonyl (C=S) groups is 1. The van der Waals surface area contributed by atoms with Crippen LogP contribution in [-0.2, 0) is 14.4 Å². The van der Waals surface area contributed by atoms with E-state index in [1.807, 2.05) is 0 Å². The van der Waals surface area contributed by atoms with Crippen molar-refractivity contribution < 1.29 is 24.2 Å². The van der Waals surface area contributed by atoms with Crippen LogP contribution in [0.2, 0.25) is 0 Å². The highest BCUT2D eigenvalue weighted by molar-refractivity contribution is 8.26. The van der Waals surface area contributed by atoms with Gasteiger partial charge >= 0.3 is 5.97 Å². The number of carboxylic acid groups (broad SMARTS) is 1. The molecule has 7 nitrogen and oxygen atoms in total. The molecule has 2 rings (SSSR count). The van der Waals surface area contributed by atoms with Crippen molar-refractivity contribution in [1.82, 2.24) is 4.90 Å². The fraction of sp³-hybridized carbons (Fsp3) is 0.250. The Morgan fingerprint density at radius 2 is 2.08 bits per heavy atom. The highest BCUT2D eigenvalue weighted by atomic mass is 32.2. The molecule has 0 atom stereocenters. The average Bonchev–Trinajstić information content (AvgIpc) is 2.81. The lowest BCUT2D eigenvalue weighted by molar-refractivity contribution is -0.137. The van der Waals surface area contributed by atoms with Crippen LogP contribution in [0.1, 0.15) is 18.4 Å². The fourth-order valence-electron chi connectivity index (χ4n) is 2.10. The number of thioether (sulfide) groups is 1. The van der Waals surface area contributed by atoms with Crippen LogP contribution in [0.25, 0.3) is 6.08 Å². The molecule has 0 aliphatic carbocycles. The number of carboxylic acids is 1. The second-order valence-corrected chi connectivity index (χ2v) is 6.80. The van der Waals surface area contributed by atoms with E-state index in [4.69, 9.17) is 27.8 Å². The van der Waals surface area contributed by atoms with Crippen LogP contribution in [0.5, 0.6) is 5.75 Å². The van der Waals surface area contributed by atoms with Gasteiger partial charge < -0.3 is 15.6 Å². The van der Waals surface area contributed by atoms with Gasteiger partial charge in [0.15, 0.2) is 6.61 Å². The van der Waals surface area contributed by atoms with Crippen LogP contribution in [0.4, 0.5) is 0 Å². The summed E-state index contributed by atoms with van der Waals surface area (Å²) >= 11 is 6.34. The van der Waals surface area contributed by atoms with E-state index < -0.39 is 11.9 Å². The molecule has 0 spiro atoms. The lowest BCUT2D eigenvalue weighted by atomic mass is 10.2. The molecule has 0 saturated carbocycles. The summed E-state index contributed by atoms with van der Waals surface area (Å²) in [5.41, 5.74) is 5.70. The number of carbonyl (C=O) groups excluding carboxylic acids is 2. The number of amides is 2. The first-order valence-electron chi connectivity index (χ1n) is 7.36. The third kappa shape index (κ3) is 5.30. The summed E-state index contributed by atoms with van der Waals surface area (Å²) in [5.74, 6) is -1.36. The van der Waals surface area contributed by atoms with Crippen molar-refractivity contribution in [1.29, 1.82) is 0 Å². The number of primary amides is 1. The summed E-state index contributed by atoms with van der Waals surface area (Å²) in [5, 5.41) is 8.69. The quantitative estimate of drug-likeness (QED) is 0.521. The number of carbonyl (C=O) groups is 3. The monoisotopic (exact) mass is 380 g/mol. The van der Waals surface area contributed by atoms with Crippen LogP contribution < -0.4 is 10.5 Å². The molecular weight excluding hydrogens is 364 g/mol. The van der Waals surface area contributed by atoms with Crippen molar-refractivity contribution in [2.45, 2.75) is 12.8 Å². The Labute approximate surface area is 153 Å². The van der Waals surface area contributed by atoms with Crippen LogP contribution in [0.15, 0.2) is 29.2 Å². The van der Waals surface area contributed by atoms with Gasteiger partial charge in [-0.25, -0.2) is 0 Å². The number of hydrogen-bond acceptors (Lipinski definition) is 6. The summed E-state index contributed by atoms with van der Waals surface area (Å²) in [4.78, 5) is 35.7. The number of ether oxygens (including phenoxy) is 1. The molecule has 2 amide bonds. The van der Waals surface area contributed by atoms with E-state index in [1.54, 1.807) is 30.3 Å². The number of hydrogen-bond donors (Lipinski definition) is 2. The normalized spacial score (nSPS) is 15.7. The van der Waals surface area contributed by atoms with Crippen molar-refractivity contribution in [3.63, 3.8) is 0 Å². The molecule has 0 radical (unpaired) electrons. The maximum Gasteiger partial charge on any atom is 0.303 e. The molecule has 1 heterocycles. The largest absolute Gasteiger partial charge is 0.483 e. The summed E-state index contributed by atoms with van der Waals surface area (Å²) in [6.07, 6.45) is 1.93. The van der Waals surface area contributed by atoms with Gasteiger partial charge in [-0.2, -0.15) is 0 Å². The maximum absolute atomic E-state index is 12.5. The molecule has 0 bridgehead atoms. The summed E-state index contributed by atoms with van der Waals surface area (Å²) in [7, 11) is 0. The van der Waals surface area contributed by atoms with Gasteiger partial charge in [0.2, 0.25) is 0 Å². The molecular formula is C16H16N2O5S2. The number of rotatable bonds is 8. The zero-order valence-electron chi connectivity index (χ0n) is 13.1. The molecule has 1 aliphatic rings. The van der Waals surface area contributed by atoms with Gasteiger partial charge in [-0.05, 0) is 18.6 Å². The molecule has 1 aliphatic heterocycles. The van der Waals surface area contributed by atoms with E-state index in [1.165, 1.54) is 4.90 Å². The minimum absolute atomic E-state index is 0.0279. The molecule has 9 heteroatoms. The van der Waals surface area contributed by atoms with Gasteiger partial charge in [-0.3, -0.25) is 19.3 Å². The zero-order chi connectivity index (χ0) is 18.4. The standard InChI is InChI=1S/C16H16N2O5S2/c17-13(19)9-23-11-5-2-1-4-10(11)8-12-15(22)18(16(24)25-12)7-3-6-14(20)21/h1-2,4-5,8H,3,6-7,9H2,(H2,17,19)(H,20,21)/b12-8-. The van der Waals surface area contributed by atoms with E-state index in [0.717, 1.165) is 11.8 Å². The second-order valence-electron chi connectivity index (χ2n) is 5.12. The second kappa shape index (κ2) is 8.63. The van der Waals surface area contributed by atoms with Gasteiger partial charge in [0, 0.05) is 18.5 Å². The lowest BCUT2D eigenvalue weighted by Gasteiger charge is -2.13. The van der Waals surface area contributed by atoms with Gasteiger partial charge in [-0.1, -0.05) is 42.2 Å². The van der Waals surface area contributed by atoms with Gasteiger partial charge in [0.05, 0.1) is 4.91 Å². The predicted octanol–water partition coefficient (Wildman–Crippen LogP) is 1.62. The van der Waals surface area contributed by atoms with E-state index in [2.05, 4.69) is 0 Å². The first kappa shape index (κ1) is 18.9. The van der Waals surface area contributed by atoms with Crippen LogP contribution >= 0.6 is 24.0 Å². The van der Waals surface area contributed by atoms with Gasteiger partial charge in [0.25, 0.3) is 11.8 Å². The van der Waals surface area contributed by atoms with E-state index in [0.29, 0.717) is 27.0 Å². The Morgan fingerprint density at radius 1 is 1.36 bits per heavy atom. The molecule has 132 valence electrons. The van der Waals surface area contributed by atoms with E-state index >= 15 is 0 Å². The Kier molecular flexibility index (Phi) is 6.54. The Bertz CT molecular complexity index is 748. The zero-order valence-corrected chi connectivity index (χ0v) is 14.8. The molecule has 1 saturated heterocycles. The topological polar surface area (TPSA) is 110 Å². The number of benzene rings is 1. The minimum atomic E-state index is -0.915. The van der Waals surface area contributed by atoms with Crippen molar-refractivity contribution in [2.24, 2.45) is 5.73 Å². The third-order valence-electron chi connectivity index (χ3n) is 3.22. The van der Waals surface area contributed by atoms with Crippen molar-refractivity contribution in [3.05, 3.63) is 34.7 Å². The van der Waals surface area contributed by atoms with E-state index in [-0.39, 0.29) is 25.5 Å². The number of para-hydroxylation sites is 1. The molecule has 0 aromatic heterocycles. The summed E-state index contributed by atoms with van der Waals surface area (Å²) in [6, 6.07) is 6.93. The van der Waals surface area contributed by atoms with Gasteiger partial charge in [-0.15, -0.1) is 0 Å². The summed E-state index contributed by atoms with van der Waals surface area (Å²) < 4.78 is 5.72. The molecule has 1 aromatic rings. The van der Waals surface area contributed by atoms with Crippen LogP contribution in [0, 0.1) is 0 Å². The average molecular weight is 380 g/mol. The first-order chi connectivity index (χ1) is 11.9. The maximum atomic E-state index is 12.5. The van der Waals surface area contributed by atoms with Crippen LogP contribution in [-0.4, -0.2) is 45.3 Å². The Morgan fingerprint density at radius 3 is 2.76 bits per heavy atom. The lowest BCUT2D eigenvalue weighted by Crippen LogP contribution is -2.29. The van der Waals surface area contributed by atoms with Crippen molar-refractivity contribution >= 4 is 52.2 Å². The smallest absolute Gasteiger partial charge is 0.303 e. The highest BCUT2D eigenvalue weighted by Crippen LogP contribution is 2.34. The molecule has 1 fully saturated rings. The number of aliphatic carboxylic acids is 1. The van der Waals surface area contributed by atoms with Gasteiger partial charge in [0.1, 0.15) is 10.1 Å². The first-order valence-corrected chi connectivity index (χ1v) is 8.58. The van der Waals surface area contributed by atoms with Crippen molar-refractivity contribution in [3.8, 4) is 5.75 Å². The predicted molar refractivity (Wildman–Crippen MR) is 97.9 cm³/mol. The SMILES string of the molecule is NC(=O)COc1ccccc1/C=C1\SC(=S)N(CCCC(=O)O)C1=O. The summed E-state index contributed by atoms with van der Waals surface area (Å²) in [6.45, 7) is -0.00483. The van der Waals surface area contributed by atoms with Crippen molar-refractivity contribution in [2.75, 3.05) is 13.2 Å². The molecule has 3 N–H and O–H groups in total. The molecule has 0 unspecified atom stereocenters. The highest BCUT2D eigenvalue weighted by Gasteiger charge is 2.31. The molecule has 1 aromatic carbocycles. The minimum Gasteiger partial charge on any atom is -0.483 e. The number of nitrogens with two attached hydrogens (primary N) is 1. The Balaban J connectivity index is 2.13. The Hall–Kier alpha value is -2.39.